The number of para-hydroxylation sites is 1. The lowest BCUT2D eigenvalue weighted by molar-refractivity contribution is 0.600. The molecule has 4 heteroatoms. The minimum absolute atomic E-state index is 0.0136. The van der Waals surface area contributed by atoms with Gasteiger partial charge < -0.3 is 0 Å². The van der Waals surface area contributed by atoms with E-state index in [0.717, 1.165) is 11.1 Å². The lowest BCUT2D eigenvalue weighted by Crippen LogP contribution is -2.16. The van der Waals surface area contributed by atoms with Crippen LogP contribution in [-0.2, 0) is 15.8 Å². The quantitative estimate of drug-likeness (QED) is 0.911. The molecule has 106 valence electrons. The van der Waals surface area contributed by atoms with Crippen molar-refractivity contribution in [3.8, 4) is 0 Å². The molecule has 0 bridgehead atoms. The second-order valence-corrected chi connectivity index (χ2v) is 6.81. The number of rotatable bonds is 5. The maximum atomic E-state index is 12.2. The smallest absolute Gasteiger partial charge is 0.236 e. The van der Waals surface area contributed by atoms with Crippen LogP contribution in [-0.4, -0.2) is 8.42 Å². The number of anilines is 1. The second kappa shape index (κ2) is 6.09. The predicted octanol–water partition coefficient (Wildman–Crippen LogP) is 3.75. The summed E-state index contributed by atoms with van der Waals surface area (Å²) < 4.78 is 27.2. The molecular formula is C16H19NO2S. The molecule has 3 nitrogen and oxygen atoms in total. The van der Waals surface area contributed by atoms with E-state index < -0.39 is 10.0 Å². The van der Waals surface area contributed by atoms with Gasteiger partial charge in [0.15, 0.2) is 0 Å². The highest BCUT2D eigenvalue weighted by Gasteiger charge is 2.14. The lowest BCUT2D eigenvalue weighted by atomic mass is 10.0. The molecule has 0 heterocycles. The summed E-state index contributed by atoms with van der Waals surface area (Å²) in [7, 11) is -3.39. The van der Waals surface area contributed by atoms with Crippen LogP contribution in [0.15, 0.2) is 54.6 Å². The summed E-state index contributed by atoms with van der Waals surface area (Å²) >= 11 is 0. The van der Waals surface area contributed by atoms with Crippen LogP contribution in [0.5, 0.6) is 0 Å². The number of hydrogen-bond acceptors (Lipinski definition) is 2. The van der Waals surface area contributed by atoms with Crippen LogP contribution in [0.1, 0.15) is 30.9 Å². The molecule has 1 N–H and O–H groups in total. The molecular weight excluding hydrogens is 270 g/mol. The number of sulfonamides is 1. The Bertz CT molecular complexity index is 664. The molecule has 2 aromatic rings. The van der Waals surface area contributed by atoms with E-state index in [-0.39, 0.29) is 11.7 Å². The molecule has 0 atom stereocenters. The van der Waals surface area contributed by atoms with Crippen LogP contribution < -0.4 is 4.72 Å². The van der Waals surface area contributed by atoms with Crippen LogP contribution in [0.2, 0.25) is 0 Å². The molecule has 0 aliphatic carbocycles. The summed E-state index contributed by atoms with van der Waals surface area (Å²) in [5.41, 5.74) is 2.45. The Morgan fingerprint density at radius 1 is 0.950 bits per heavy atom. The summed E-state index contributed by atoms with van der Waals surface area (Å²) in [6.07, 6.45) is 0. The van der Waals surface area contributed by atoms with Gasteiger partial charge in [-0.1, -0.05) is 62.4 Å². The fraction of sp³-hybridized carbons (Fsp3) is 0.250. The van der Waals surface area contributed by atoms with E-state index in [1.54, 1.807) is 6.07 Å². The first-order valence-electron chi connectivity index (χ1n) is 6.61. The Morgan fingerprint density at radius 2 is 1.55 bits per heavy atom. The molecule has 20 heavy (non-hydrogen) atoms. The van der Waals surface area contributed by atoms with Crippen molar-refractivity contribution in [1.82, 2.24) is 0 Å². The first-order valence-corrected chi connectivity index (χ1v) is 8.26. The summed E-state index contributed by atoms with van der Waals surface area (Å²) in [6.45, 7) is 4.09. The van der Waals surface area contributed by atoms with E-state index in [2.05, 4.69) is 4.72 Å². The van der Waals surface area contributed by atoms with E-state index in [4.69, 9.17) is 0 Å². The molecule has 2 aromatic carbocycles. The SMILES string of the molecule is CC(C)c1ccccc1NS(=O)(=O)Cc1ccccc1. The van der Waals surface area contributed by atoms with Gasteiger partial charge in [0.05, 0.1) is 11.4 Å². The van der Waals surface area contributed by atoms with Crippen molar-refractivity contribution in [3.63, 3.8) is 0 Å². The first kappa shape index (κ1) is 14.6. The van der Waals surface area contributed by atoms with Gasteiger partial charge in [-0.25, -0.2) is 8.42 Å². The monoisotopic (exact) mass is 289 g/mol. The van der Waals surface area contributed by atoms with Crippen molar-refractivity contribution in [2.75, 3.05) is 4.72 Å². The number of benzene rings is 2. The van der Waals surface area contributed by atoms with Crippen molar-refractivity contribution >= 4 is 15.7 Å². The summed E-state index contributed by atoms with van der Waals surface area (Å²) in [4.78, 5) is 0. The van der Waals surface area contributed by atoms with Crippen molar-refractivity contribution in [1.29, 1.82) is 0 Å². The van der Waals surface area contributed by atoms with E-state index >= 15 is 0 Å². The van der Waals surface area contributed by atoms with Gasteiger partial charge >= 0.3 is 0 Å². The Hall–Kier alpha value is -1.81. The van der Waals surface area contributed by atoms with Gasteiger partial charge in [-0.3, -0.25) is 4.72 Å². The van der Waals surface area contributed by atoms with Crippen LogP contribution in [0.3, 0.4) is 0 Å². The zero-order valence-electron chi connectivity index (χ0n) is 11.7. The van der Waals surface area contributed by atoms with Gasteiger partial charge in [0.1, 0.15) is 0 Å². The molecule has 0 unspecified atom stereocenters. The fourth-order valence-corrected chi connectivity index (χ4v) is 3.32. The Morgan fingerprint density at radius 3 is 2.20 bits per heavy atom. The molecule has 0 amide bonds. The minimum atomic E-state index is -3.39. The molecule has 0 spiro atoms. The lowest BCUT2D eigenvalue weighted by Gasteiger charge is -2.14. The highest BCUT2D eigenvalue weighted by Crippen LogP contribution is 2.25. The third-order valence-electron chi connectivity index (χ3n) is 3.05. The topological polar surface area (TPSA) is 46.2 Å². The molecule has 0 aliphatic rings. The number of hydrogen-bond donors (Lipinski definition) is 1. The van der Waals surface area contributed by atoms with Crippen molar-refractivity contribution in [2.45, 2.75) is 25.5 Å². The highest BCUT2D eigenvalue weighted by atomic mass is 32.2. The van der Waals surface area contributed by atoms with Crippen molar-refractivity contribution in [3.05, 3.63) is 65.7 Å². The van der Waals surface area contributed by atoms with E-state index in [1.165, 1.54) is 0 Å². The van der Waals surface area contributed by atoms with Gasteiger partial charge in [-0.05, 0) is 23.1 Å². The van der Waals surface area contributed by atoms with Gasteiger partial charge in [0.2, 0.25) is 10.0 Å². The maximum absolute atomic E-state index is 12.2. The Kier molecular flexibility index (Phi) is 4.45. The molecule has 0 saturated heterocycles. The van der Waals surface area contributed by atoms with Crippen molar-refractivity contribution in [2.24, 2.45) is 0 Å². The Balaban J connectivity index is 2.21. The van der Waals surface area contributed by atoms with Crippen LogP contribution in [0.4, 0.5) is 5.69 Å². The zero-order chi connectivity index (χ0) is 14.6. The average Bonchev–Trinajstić information content (AvgIpc) is 2.39. The van der Waals surface area contributed by atoms with Gasteiger partial charge in [-0.2, -0.15) is 0 Å². The average molecular weight is 289 g/mol. The molecule has 0 saturated carbocycles. The molecule has 0 radical (unpaired) electrons. The van der Waals surface area contributed by atoms with Gasteiger partial charge in [0, 0.05) is 0 Å². The fourth-order valence-electron chi connectivity index (χ4n) is 2.09. The summed E-state index contributed by atoms with van der Waals surface area (Å²) in [5, 5.41) is 0. The second-order valence-electron chi connectivity index (χ2n) is 5.09. The minimum Gasteiger partial charge on any atom is -0.283 e. The van der Waals surface area contributed by atoms with E-state index in [9.17, 15) is 8.42 Å². The predicted molar refractivity (Wildman–Crippen MR) is 83.2 cm³/mol. The molecule has 0 fully saturated rings. The van der Waals surface area contributed by atoms with E-state index in [0.29, 0.717) is 5.69 Å². The van der Waals surface area contributed by atoms with Crippen LogP contribution in [0.25, 0.3) is 0 Å². The van der Waals surface area contributed by atoms with Crippen molar-refractivity contribution < 1.29 is 8.42 Å². The first-order chi connectivity index (χ1) is 9.48. The maximum Gasteiger partial charge on any atom is 0.236 e. The number of nitrogens with one attached hydrogen (secondary N) is 1. The molecule has 2 rings (SSSR count). The van der Waals surface area contributed by atoms with Gasteiger partial charge in [-0.15, -0.1) is 0 Å². The van der Waals surface area contributed by atoms with Crippen LogP contribution in [0, 0.1) is 0 Å². The largest absolute Gasteiger partial charge is 0.283 e. The zero-order valence-corrected chi connectivity index (χ0v) is 12.5. The van der Waals surface area contributed by atoms with Gasteiger partial charge in [0.25, 0.3) is 0 Å². The molecule has 0 aromatic heterocycles. The third-order valence-corrected chi connectivity index (χ3v) is 4.29. The summed E-state index contributed by atoms with van der Waals surface area (Å²) in [6, 6.07) is 16.7. The normalized spacial score (nSPS) is 11.6. The third kappa shape index (κ3) is 3.84. The van der Waals surface area contributed by atoms with E-state index in [1.807, 2.05) is 62.4 Å². The highest BCUT2D eigenvalue weighted by molar-refractivity contribution is 7.91. The Labute approximate surface area is 120 Å². The standard InChI is InChI=1S/C16H19NO2S/c1-13(2)15-10-6-7-11-16(15)17-20(18,19)12-14-8-4-3-5-9-14/h3-11,13,17H,12H2,1-2H3. The summed E-state index contributed by atoms with van der Waals surface area (Å²) in [5.74, 6) is 0.255. The molecule has 0 aliphatic heterocycles. The van der Waals surface area contributed by atoms with Crippen LogP contribution >= 0.6 is 0 Å².